The van der Waals surface area contributed by atoms with E-state index in [9.17, 15) is 5.11 Å². The first-order valence-corrected chi connectivity index (χ1v) is 3.91. The van der Waals surface area contributed by atoms with E-state index < -0.39 is 6.23 Å². The van der Waals surface area contributed by atoms with Crippen molar-refractivity contribution in [3.8, 4) is 0 Å². The average molecular weight is 154 g/mol. The Morgan fingerprint density at radius 1 is 1.64 bits per heavy atom. The molecule has 0 radical (unpaired) electrons. The molecule has 0 saturated heterocycles. The number of aliphatic hydroxyl groups excluding tert-OH is 1. The predicted molar refractivity (Wildman–Crippen MR) is 42.9 cm³/mol. The summed E-state index contributed by atoms with van der Waals surface area (Å²) in [5, 5.41) is 9.60. The van der Waals surface area contributed by atoms with Gasteiger partial charge in [0.25, 0.3) is 0 Å². The van der Waals surface area contributed by atoms with E-state index in [-0.39, 0.29) is 5.92 Å². The molecule has 1 aromatic rings. The average Bonchev–Trinajstić information content (AvgIpc) is 2.53. The van der Waals surface area contributed by atoms with Gasteiger partial charge in [0.15, 0.2) is 0 Å². The highest BCUT2D eigenvalue weighted by molar-refractivity contribution is 4.77. The fourth-order valence-corrected chi connectivity index (χ4v) is 0.931. The van der Waals surface area contributed by atoms with Crippen LogP contribution in [0, 0.1) is 5.92 Å². The number of aromatic nitrogens is 2. The third kappa shape index (κ3) is 1.80. The van der Waals surface area contributed by atoms with Gasteiger partial charge in [-0.15, -0.1) is 0 Å². The maximum atomic E-state index is 9.60. The second kappa shape index (κ2) is 3.53. The molecule has 11 heavy (non-hydrogen) atoms. The van der Waals surface area contributed by atoms with Gasteiger partial charge in [-0.3, -0.25) is 0 Å². The molecule has 1 unspecified atom stereocenters. The Balaban J connectivity index is 2.62. The summed E-state index contributed by atoms with van der Waals surface area (Å²) in [6, 6.07) is 0. The Bertz CT molecular complexity index is 196. The van der Waals surface area contributed by atoms with Crippen LogP contribution in [0.4, 0.5) is 0 Å². The lowest BCUT2D eigenvalue weighted by atomic mass is 10.1. The third-order valence-electron chi connectivity index (χ3n) is 1.98. The molecule has 3 nitrogen and oxygen atoms in total. The lowest BCUT2D eigenvalue weighted by Crippen LogP contribution is -2.14. The zero-order chi connectivity index (χ0) is 8.27. The Labute approximate surface area is 66.7 Å². The molecule has 62 valence electrons. The summed E-state index contributed by atoms with van der Waals surface area (Å²) in [4.78, 5) is 3.86. The topological polar surface area (TPSA) is 38.0 Å². The first-order valence-electron chi connectivity index (χ1n) is 3.91. The van der Waals surface area contributed by atoms with Gasteiger partial charge in [0.1, 0.15) is 6.23 Å². The molecule has 0 saturated carbocycles. The number of aliphatic hydroxyl groups is 1. The summed E-state index contributed by atoms with van der Waals surface area (Å²) >= 11 is 0. The van der Waals surface area contributed by atoms with Crippen molar-refractivity contribution in [3.05, 3.63) is 18.7 Å². The maximum absolute atomic E-state index is 9.60. The van der Waals surface area contributed by atoms with Gasteiger partial charge in [-0.05, 0) is 6.42 Å². The van der Waals surface area contributed by atoms with Crippen LogP contribution in [-0.2, 0) is 0 Å². The molecule has 0 amide bonds. The quantitative estimate of drug-likeness (QED) is 0.715. The molecule has 1 rings (SSSR count). The standard InChI is InChI=1S/C8H14N2O/c1-3-7(2)8(11)10-5-4-9-6-10/h4-8,11H,3H2,1-2H3/t7-,8?/m0/s1. The monoisotopic (exact) mass is 154 g/mol. The first-order chi connectivity index (χ1) is 5.25. The molecule has 3 heteroatoms. The zero-order valence-electron chi connectivity index (χ0n) is 6.94. The van der Waals surface area contributed by atoms with Crippen molar-refractivity contribution in [1.82, 2.24) is 9.55 Å². The number of rotatable bonds is 3. The Morgan fingerprint density at radius 2 is 2.36 bits per heavy atom. The van der Waals surface area contributed by atoms with E-state index in [0.29, 0.717) is 0 Å². The molecular weight excluding hydrogens is 140 g/mol. The van der Waals surface area contributed by atoms with E-state index in [1.54, 1.807) is 23.3 Å². The molecular formula is C8H14N2O. The van der Waals surface area contributed by atoms with Gasteiger partial charge >= 0.3 is 0 Å². The molecule has 0 spiro atoms. The van der Waals surface area contributed by atoms with Crippen LogP contribution in [0.2, 0.25) is 0 Å². The molecule has 1 aromatic heterocycles. The molecule has 0 aliphatic carbocycles. The number of imidazole rings is 1. The van der Waals surface area contributed by atoms with E-state index in [0.717, 1.165) is 6.42 Å². The van der Waals surface area contributed by atoms with Crippen LogP contribution in [0.1, 0.15) is 26.5 Å². The largest absolute Gasteiger partial charge is 0.373 e. The van der Waals surface area contributed by atoms with Gasteiger partial charge in [-0.1, -0.05) is 13.8 Å². The number of nitrogens with zero attached hydrogens (tertiary/aromatic N) is 2. The van der Waals surface area contributed by atoms with Crippen molar-refractivity contribution >= 4 is 0 Å². The fraction of sp³-hybridized carbons (Fsp3) is 0.625. The van der Waals surface area contributed by atoms with Crippen molar-refractivity contribution in [2.45, 2.75) is 26.5 Å². The molecule has 0 aliphatic heterocycles. The fourth-order valence-electron chi connectivity index (χ4n) is 0.931. The van der Waals surface area contributed by atoms with Crippen LogP contribution in [-0.4, -0.2) is 14.7 Å². The maximum Gasteiger partial charge on any atom is 0.134 e. The van der Waals surface area contributed by atoms with Crippen molar-refractivity contribution < 1.29 is 5.11 Å². The minimum atomic E-state index is -0.428. The van der Waals surface area contributed by atoms with Crippen LogP contribution >= 0.6 is 0 Å². The second-order valence-electron chi connectivity index (χ2n) is 2.81. The normalized spacial score (nSPS) is 16.3. The molecule has 2 atom stereocenters. The molecule has 1 N–H and O–H groups in total. The predicted octanol–water partition coefficient (Wildman–Crippen LogP) is 1.42. The van der Waals surface area contributed by atoms with Gasteiger partial charge in [0, 0.05) is 18.3 Å². The van der Waals surface area contributed by atoms with E-state index in [1.807, 2.05) is 6.92 Å². The highest BCUT2D eigenvalue weighted by atomic mass is 16.3. The summed E-state index contributed by atoms with van der Waals surface area (Å²) in [5.41, 5.74) is 0. The van der Waals surface area contributed by atoms with Crippen LogP contribution in [0.15, 0.2) is 18.7 Å². The van der Waals surface area contributed by atoms with Crippen molar-refractivity contribution in [2.75, 3.05) is 0 Å². The molecule has 1 heterocycles. The van der Waals surface area contributed by atoms with Crippen LogP contribution in [0.3, 0.4) is 0 Å². The van der Waals surface area contributed by atoms with Gasteiger partial charge in [0.05, 0.1) is 6.33 Å². The second-order valence-corrected chi connectivity index (χ2v) is 2.81. The van der Waals surface area contributed by atoms with Crippen molar-refractivity contribution in [3.63, 3.8) is 0 Å². The summed E-state index contributed by atoms with van der Waals surface area (Å²) in [6.45, 7) is 4.08. The molecule has 0 fully saturated rings. The van der Waals surface area contributed by atoms with Crippen molar-refractivity contribution in [1.29, 1.82) is 0 Å². The van der Waals surface area contributed by atoms with E-state index in [4.69, 9.17) is 0 Å². The first kappa shape index (κ1) is 8.27. The van der Waals surface area contributed by atoms with Crippen molar-refractivity contribution in [2.24, 2.45) is 5.92 Å². The Kier molecular flexibility index (Phi) is 2.65. The van der Waals surface area contributed by atoms with Crippen LogP contribution < -0.4 is 0 Å². The van der Waals surface area contributed by atoms with E-state index in [1.165, 1.54) is 0 Å². The highest BCUT2D eigenvalue weighted by Crippen LogP contribution is 2.16. The summed E-state index contributed by atoms with van der Waals surface area (Å²) in [7, 11) is 0. The minimum absolute atomic E-state index is 0.282. The third-order valence-corrected chi connectivity index (χ3v) is 1.98. The van der Waals surface area contributed by atoms with E-state index in [2.05, 4.69) is 11.9 Å². The number of hydrogen-bond donors (Lipinski definition) is 1. The molecule has 0 bridgehead atoms. The minimum Gasteiger partial charge on any atom is -0.373 e. The van der Waals surface area contributed by atoms with E-state index >= 15 is 0 Å². The lowest BCUT2D eigenvalue weighted by Gasteiger charge is -2.17. The SMILES string of the molecule is CC[C@H](C)C(O)n1ccnc1. The van der Waals surface area contributed by atoms with Gasteiger partial charge in [-0.25, -0.2) is 4.98 Å². The number of hydrogen-bond acceptors (Lipinski definition) is 2. The lowest BCUT2D eigenvalue weighted by molar-refractivity contribution is 0.0472. The van der Waals surface area contributed by atoms with Gasteiger partial charge in [0.2, 0.25) is 0 Å². The molecule has 0 aliphatic rings. The Hall–Kier alpha value is -0.830. The van der Waals surface area contributed by atoms with Crippen LogP contribution in [0.25, 0.3) is 0 Å². The summed E-state index contributed by atoms with van der Waals surface area (Å²) < 4.78 is 1.72. The highest BCUT2D eigenvalue weighted by Gasteiger charge is 2.12. The summed E-state index contributed by atoms with van der Waals surface area (Å²) in [6.07, 6.45) is 5.63. The van der Waals surface area contributed by atoms with Gasteiger partial charge < -0.3 is 9.67 Å². The zero-order valence-corrected chi connectivity index (χ0v) is 6.94. The Morgan fingerprint density at radius 3 is 2.82 bits per heavy atom. The smallest absolute Gasteiger partial charge is 0.134 e. The summed E-state index contributed by atoms with van der Waals surface area (Å²) in [5.74, 6) is 0.282. The molecule has 0 aromatic carbocycles. The van der Waals surface area contributed by atoms with Gasteiger partial charge in [-0.2, -0.15) is 0 Å². The van der Waals surface area contributed by atoms with Crippen LogP contribution in [0.5, 0.6) is 0 Å².